The Morgan fingerprint density at radius 3 is 2.86 bits per heavy atom. The number of benzene rings is 1. The number of hydrogen-bond acceptors (Lipinski definition) is 5. The first-order valence-electron chi connectivity index (χ1n) is 6.51. The summed E-state index contributed by atoms with van der Waals surface area (Å²) >= 11 is 1.39. The van der Waals surface area contributed by atoms with Gasteiger partial charge < -0.3 is 15.3 Å². The summed E-state index contributed by atoms with van der Waals surface area (Å²) in [6.45, 7) is 1.45. The fourth-order valence-electron chi connectivity index (χ4n) is 2.11. The van der Waals surface area contributed by atoms with Gasteiger partial charge in [0.05, 0.1) is 22.9 Å². The molecule has 0 unspecified atom stereocenters. The van der Waals surface area contributed by atoms with Gasteiger partial charge in [0.15, 0.2) is 17.1 Å². The molecular weight excluding hydrogens is 302 g/mol. The van der Waals surface area contributed by atoms with E-state index >= 15 is 0 Å². The van der Waals surface area contributed by atoms with E-state index in [4.69, 9.17) is 4.74 Å². The summed E-state index contributed by atoms with van der Waals surface area (Å²) in [4.78, 5) is 15.4. The van der Waals surface area contributed by atoms with Crippen LogP contribution in [0.15, 0.2) is 36.7 Å². The Bertz CT molecular complexity index is 860. The molecule has 0 saturated carbocycles. The smallest absolute Gasteiger partial charge is 0.223 e. The Balaban J connectivity index is 2.04. The highest BCUT2D eigenvalue weighted by molar-refractivity contribution is 7.22. The van der Waals surface area contributed by atoms with E-state index in [1.807, 2.05) is 18.2 Å². The second-order valence-corrected chi connectivity index (χ2v) is 5.74. The first-order valence-corrected chi connectivity index (χ1v) is 7.33. The number of hydrogen-bond donors (Lipinski definition) is 1. The number of fused-ring (bicyclic) bond motifs is 1. The van der Waals surface area contributed by atoms with Crippen molar-refractivity contribution in [3.05, 3.63) is 41.9 Å². The molecule has 2 heterocycles. The van der Waals surface area contributed by atoms with Crippen LogP contribution in [0, 0.1) is 5.21 Å². The minimum atomic E-state index is -0.153. The average Bonchev–Trinajstić information content (AvgIpc) is 2.86. The number of carbonyl (C=O) groups excluding carboxylic acids is 1. The quantitative estimate of drug-likeness (QED) is 0.595. The summed E-state index contributed by atoms with van der Waals surface area (Å²) < 4.78 is 6.76. The molecule has 1 N–H and O–H groups in total. The van der Waals surface area contributed by atoms with E-state index in [1.54, 1.807) is 6.07 Å². The highest BCUT2D eigenvalue weighted by Gasteiger charge is 2.10. The van der Waals surface area contributed by atoms with Crippen molar-refractivity contribution in [3.63, 3.8) is 0 Å². The molecule has 3 aromatic rings. The van der Waals surface area contributed by atoms with Crippen LogP contribution in [-0.4, -0.2) is 18.0 Å². The zero-order chi connectivity index (χ0) is 15.7. The Kier molecular flexibility index (Phi) is 3.64. The zero-order valence-electron chi connectivity index (χ0n) is 12.0. The molecule has 1 amide bonds. The molecule has 0 bridgehead atoms. The number of methoxy groups -OCH3 is 1. The largest absolute Gasteiger partial charge is 0.619 e. The number of rotatable bonds is 3. The molecule has 0 radical (unpaired) electrons. The first kappa shape index (κ1) is 14.3. The van der Waals surface area contributed by atoms with Gasteiger partial charge in [-0.15, -0.1) is 0 Å². The van der Waals surface area contributed by atoms with E-state index in [2.05, 4.69) is 10.3 Å². The van der Waals surface area contributed by atoms with E-state index < -0.39 is 0 Å². The van der Waals surface area contributed by atoms with Gasteiger partial charge in [0, 0.05) is 13.0 Å². The van der Waals surface area contributed by atoms with Crippen LogP contribution < -0.4 is 14.8 Å². The van der Waals surface area contributed by atoms with Crippen LogP contribution in [0.25, 0.3) is 21.3 Å². The van der Waals surface area contributed by atoms with Crippen molar-refractivity contribution in [2.75, 3.05) is 12.4 Å². The van der Waals surface area contributed by atoms with Crippen LogP contribution in [0.5, 0.6) is 5.75 Å². The SMILES string of the molecule is COc1cc(-c2ccc3nc(NC(C)=O)sc3c2)c[n+]([O-])c1. The monoisotopic (exact) mass is 315 g/mol. The molecule has 0 atom stereocenters. The molecule has 0 aliphatic rings. The Morgan fingerprint density at radius 2 is 2.14 bits per heavy atom. The number of ether oxygens (including phenoxy) is 1. The molecule has 112 valence electrons. The zero-order valence-corrected chi connectivity index (χ0v) is 12.8. The summed E-state index contributed by atoms with van der Waals surface area (Å²) in [7, 11) is 1.52. The van der Waals surface area contributed by atoms with Gasteiger partial charge in [0.25, 0.3) is 0 Å². The van der Waals surface area contributed by atoms with Gasteiger partial charge in [-0.25, -0.2) is 4.98 Å². The van der Waals surface area contributed by atoms with Crippen molar-refractivity contribution in [2.45, 2.75) is 6.92 Å². The molecule has 6 nitrogen and oxygen atoms in total. The third kappa shape index (κ3) is 2.84. The van der Waals surface area contributed by atoms with E-state index in [1.165, 1.54) is 37.8 Å². The average molecular weight is 315 g/mol. The summed E-state index contributed by atoms with van der Waals surface area (Å²) in [6.07, 6.45) is 2.85. The van der Waals surface area contributed by atoms with Crippen molar-refractivity contribution < 1.29 is 14.3 Å². The lowest BCUT2D eigenvalue weighted by atomic mass is 10.1. The summed E-state index contributed by atoms with van der Waals surface area (Å²) in [5.74, 6) is 0.343. The molecule has 0 aliphatic carbocycles. The van der Waals surface area contributed by atoms with Gasteiger partial charge in [-0.1, -0.05) is 17.4 Å². The Labute approximate surface area is 130 Å². The third-order valence-electron chi connectivity index (χ3n) is 3.06. The van der Waals surface area contributed by atoms with E-state index in [9.17, 15) is 10.0 Å². The summed E-state index contributed by atoms with van der Waals surface area (Å²) in [6, 6.07) is 7.48. The predicted octanol–water partition coefficient (Wildman–Crippen LogP) is 2.56. The second kappa shape index (κ2) is 5.61. The lowest BCUT2D eigenvalue weighted by molar-refractivity contribution is -0.605. The number of pyridine rings is 1. The first-order chi connectivity index (χ1) is 10.5. The number of amides is 1. The normalized spacial score (nSPS) is 10.6. The maximum absolute atomic E-state index is 11.6. The maximum Gasteiger partial charge on any atom is 0.223 e. The standard InChI is InChI=1S/C15H13N3O3S/c1-9(19)16-15-17-13-4-3-10(6-14(13)22-15)11-5-12(21-2)8-18(20)7-11/h3-8H,1-2H3,(H,16,17,19). The van der Waals surface area contributed by atoms with Crippen LogP contribution in [0.2, 0.25) is 0 Å². The topological polar surface area (TPSA) is 78.2 Å². The van der Waals surface area contributed by atoms with Crippen LogP contribution in [0.4, 0.5) is 5.13 Å². The third-order valence-corrected chi connectivity index (χ3v) is 3.99. The lowest BCUT2D eigenvalue weighted by Crippen LogP contribution is -2.24. The van der Waals surface area contributed by atoms with Crippen molar-refractivity contribution in [2.24, 2.45) is 0 Å². The van der Waals surface area contributed by atoms with Crippen LogP contribution in [0.3, 0.4) is 0 Å². The number of anilines is 1. The Morgan fingerprint density at radius 1 is 1.32 bits per heavy atom. The maximum atomic E-state index is 11.6. The van der Waals surface area contributed by atoms with E-state index in [0.29, 0.717) is 15.6 Å². The van der Waals surface area contributed by atoms with Gasteiger partial charge in [0.1, 0.15) is 0 Å². The van der Waals surface area contributed by atoms with Gasteiger partial charge in [0.2, 0.25) is 12.1 Å². The Hall–Kier alpha value is -2.67. The van der Waals surface area contributed by atoms with Gasteiger partial charge >= 0.3 is 0 Å². The second-order valence-electron chi connectivity index (χ2n) is 4.71. The van der Waals surface area contributed by atoms with E-state index in [-0.39, 0.29) is 5.91 Å². The highest BCUT2D eigenvalue weighted by Crippen LogP contribution is 2.31. The number of aromatic nitrogens is 2. The van der Waals surface area contributed by atoms with Crippen LogP contribution in [0.1, 0.15) is 6.92 Å². The minimum absolute atomic E-state index is 0.153. The molecule has 22 heavy (non-hydrogen) atoms. The lowest BCUT2D eigenvalue weighted by Gasteiger charge is -2.05. The van der Waals surface area contributed by atoms with Gasteiger partial charge in [-0.05, 0) is 17.7 Å². The van der Waals surface area contributed by atoms with Gasteiger partial charge in [-0.2, -0.15) is 4.73 Å². The van der Waals surface area contributed by atoms with Crippen LogP contribution in [-0.2, 0) is 4.79 Å². The number of nitrogens with one attached hydrogen (secondary N) is 1. The summed E-state index contributed by atoms with van der Waals surface area (Å²) in [5, 5.41) is 14.8. The molecule has 3 rings (SSSR count). The van der Waals surface area contributed by atoms with Crippen molar-refractivity contribution in [1.82, 2.24) is 4.98 Å². The molecule has 0 saturated heterocycles. The van der Waals surface area contributed by atoms with Crippen LogP contribution >= 0.6 is 11.3 Å². The van der Waals surface area contributed by atoms with Crippen molar-refractivity contribution >= 4 is 32.6 Å². The minimum Gasteiger partial charge on any atom is -0.619 e. The fourth-order valence-corrected chi connectivity index (χ4v) is 3.06. The predicted molar refractivity (Wildman–Crippen MR) is 84.9 cm³/mol. The number of carbonyl (C=O) groups is 1. The van der Waals surface area contributed by atoms with E-state index in [0.717, 1.165) is 21.3 Å². The summed E-state index contributed by atoms with van der Waals surface area (Å²) in [5.41, 5.74) is 2.44. The molecule has 2 aromatic heterocycles. The molecule has 7 heteroatoms. The molecular formula is C15H13N3O3S. The number of thiazole rings is 1. The van der Waals surface area contributed by atoms with Crippen molar-refractivity contribution in [1.29, 1.82) is 0 Å². The molecule has 0 fully saturated rings. The molecule has 0 spiro atoms. The van der Waals surface area contributed by atoms with Gasteiger partial charge in [-0.3, -0.25) is 4.79 Å². The highest BCUT2D eigenvalue weighted by atomic mass is 32.1. The number of nitrogens with zero attached hydrogens (tertiary/aromatic N) is 2. The van der Waals surface area contributed by atoms with Crippen molar-refractivity contribution in [3.8, 4) is 16.9 Å². The molecule has 1 aromatic carbocycles. The fraction of sp³-hybridized carbons (Fsp3) is 0.133. The molecule has 0 aliphatic heterocycles.